The van der Waals surface area contributed by atoms with Gasteiger partial charge >= 0.3 is 0 Å². The molecule has 2 aromatic rings. The molecule has 4 rings (SSSR count). The monoisotopic (exact) mass is 397 g/mol. The summed E-state index contributed by atoms with van der Waals surface area (Å²) >= 11 is 0. The summed E-state index contributed by atoms with van der Waals surface area (Å²) in [5.41, 5.74) is 2.86. The van der Waals surface area contributed by atoms with Crippen molar-refractivity contribution < 1.29 is 4.74 Å². The van der Waals surface area contributed by atoms with Crippen LogP contribution in [0.2, 0.25) is 0 Å². The second kappa shape index (κ2) is 8.07. The van der Waals surface area contributed by atoms with Crippen molar-refractivity contribution in [3.05, 3.63) is 41.5 Å². The summed E-state index contributed by atoms with van der Waals surface area (Å²) in [5.74, 6) is 2.56. The Morgan fingerprint density at radius 1 is 1.24 bits per heavy atom. The van der Waals surface area contributed by atoms with Gasteiger partial charge in [-0.3, -0.25) is 4.90 Å². The molecule has 0 radical (unpaired) electrons. The molecule has 3 heterocycles. The number of hydrogen-bond donors (Lipinski definition) is 0. The molecule has 0 aliphatic carbocycles. The van der Waals surface area contributed by atoms with Crippen molar-refractivity contribution in [2.24, 2.45) is 12.5 Å². The molecule has 158 valence electrons. The Morgan fingerprint density at radius 2 is 2.00 bits per heavy atom. The van der Waals surface area contributed by atoms with Gasteiger partial charge in [-0.25, -0.2) is 0 Å². The molecule has 1 aromatic carbocycles. The van der Waals surface area contributed by atoms with E-state index in [9.17, 15) is 0 Å². The zero-order chi connectivity index (χ0) is 20.6. The van der Waals surface area contributed by atoms with Crippen molar-refractivity contribution in [1.82, 2.24) is 24.6 Å². The predicted molar refractivity (Wildman–Crippen MR) is 115 cm³/mol. The van der Waals surface area contributed by atoms with Crippen LogP contribution in [0, 0.1) is 12.3 Å². The minimum atomic E-state index is 0.299. The number of aryl methyl sites for hydroxylation is 2. The Hall–Kier alpha value is -1.92. The molecule has 0 amide bonds. The highest BCUT2D eigenvalue weighted by Crippen LogP contribution is 2.49. The summed E-state index contributed by atoms with van der Waals surface area (Å²) in [7, 11) is 3.82. The van der Waals surface area contributed by atoms with Gasteiger partial charge in [-0.15, -0.1) is 10.2 Å². The van der Waals surface area contributed by atoms with Crippen molar-refractivity contribution in [3.63, 3.8) is 0 Å². The number of nitrogens with zero attached hydrogens (tertiary/aromatic N) is 5. The van der Waals surface area contributed by atoms with E-state index < -0.39 is 0 Å². The van der Waals surface area contributed by atoms with Gasteiger partial charge in [-0.05, 0) is 69.3 Å². The van der Waals surface area contributed by atoms with E-state index in [1.165, 1.54) is 37.1 Å². The number of hydrogen-bond acceptors (Lipinski definition) is 5. The SMILES string of the molecule is COc1ccc(CN2CC(c3nncn3C)C3(CCN(C(C)C)CC3)C2)cc1C. The van der Waals surface area contributed by atoms with E-state index in [0.29, 0.717) is 17.4 Å². The Labute approximate surface area is 174 Å². The van der Waals surface area contributed by atoms with Crippen LogP contribution in [0.5, 0.6) is 5.75 Å². The first-order valence-electron chi connectivity index (χ1n) is 10.9. The van der Waals surface area contributed by atoms with E-state index in [1.54, 1.807) is 7.11 Å². The van der Waals surface area contributed by atoms with E-state index >= 15 is 0 Å². The van der Waals surface area contributed by atoms with Crippen LogP contribution >= 0.6 is 0 Å². The van der Waals surface area contributed by atoms with E-state index in [1.807, 2.05) is 6.33 Å². The van der Waals surface area contributed by atoms with E-state index in [0.717, 1.165) is 31.2 Å². The third-order valence-electron chi connectivity index (χ3n) is 7.17. The average Bonchev–Trinajstić information content (AvgIpc) is 3.25. The van der Waals surface area contributed by atoms with Crippen LogP contribution in [0.3, 0.4) is 0 Å². The van der Waals surface area contributed by atoms with Gasteiger partial charge in [-0.1, -0.05) is 12.1 Å². The molecule has 29 heavy (non-hydrogen) atoms. The van der Waals surface area contributed by atoms with Crippen molar-refractivity contribution in [1.29, 1.82) is 0 Å². The number of likely N-dealkylation sites (tertiary alicyclic amines) is 2. The first-order chi connectivity index (χ1) is 13.9. The Kier molecular flexibility index (Phi) is 5.67. The maximum atomic E-state index is 5.43. The standard InChI is InChI=1S/C23H35N5O/c1-17(2)28-10-8-23(9-11-28)15-27(14-20(23)22-25-24-16-26(22)4)13-19-6-7-21(29-5)18(3)12-19/h6-7,12,16-17,20H,8-11,13-15H2,1-5H3. The largest absolute Gasteiger partial charge is 0.496 e. The number of benzene rings is 1. The number of aromatic nitrogens is 3. The van der Waals surface area contributed by atoms with Crippen LogP contribution in [0.15, 0.2) is 24.5 Å². The van der Waals surface area contributed by atoms with Crippen LogP contribution in [-0.2, 0) is 13.6 Å². The maximum Gasteiger partial charge on any atom is 0.137 e. The second-order valence-electron chi connectivity index (χ2n) is 9.32. The topological polar surface area (TPSA) is 46.4 Å². The summed E-state index contributed by atoms with van der Waals surface area (Å²) in [6.07, 6.45) is 4.32. The molecule has 2 fully saturated rings. The lowest BCUT2D eigenvalue weighted by atomic mass is 9.70. The van der Waals surface area contributed by atoms with E-state index in [-0.39, 0.29) is 0 Å². The fraction of sp³-hybridized carbons (Fsp3) is 0.652. The molecule has 0 bridgehead atoms. The Bertz CT molecular complexity index is 838. The maximum absolute atomic E-state index is 5.43. The lowest BCUT2D eigenvalue weighted by Crippen LogP contribution is -2.46. The van der Waals surface area contributed by atoms with Crippen LogP contribution in [-0.4, -0.2) is 63.9 Å². The molecule has 2 aliphatic rings. The van der Waals surface area contributed by atoms with Crippen LogP contribution < -0.4 is 4.74 Å². The van der Waals surface area contributed by atoms with Gasteiger partial charge < -0.3 is 14.2 Å². The molecular weight excluding hydrogens is 362 g/mol. The molecule has 1 atom stereocenters. The normalized spacial score (nSPS) is 22.6. The molecule has 1 unspecified atom stereocenters. The minimum Gasteiger partial charge on any atom is -0.496 e. The fourth-order valence-corrected chi connectivity index (χ4v) is 5.44. The van der Waals surface area contributed by atoms with Gasteiger partial charge in [0.1, 0.15) is 17.9 Å². The Morgan fingerprint density at radius 3 is 2.59 bits per heavy atom. The first-order valence-corrected chi connectivity index (χ1v) is 10.9. The lowest BCUT2D eigenvalue weighted by Gasteiger charge is -2.43. The molecule has 1 aromatic heterocycles. The van der Waals surface area contributed by atoms with Gasteiger partial charge in [0.15, 0.2) is 0 Å². The number of methoxy groups -OCH3 is 1. The summed E-state index contributed by atoms with van der Waals surface area (Å²) in [5, 5.41) is 8.73. The molecule has 0 N–H and O–H groups in total. The van der Waals surface area contributed by atoms with Crippen LogP contribution in [0.4, 0.5) is 0 Å². The van der Waals surface area contributed by atoms with Gasteiger partial charge in [0.25, 0.3) is 0 Å². The summed E-state index contributed by atoms with van der Waals surface area (Å²) in [6, 6.07) is 7.19. The zero-order valence-electron chi connectivity index (χ0n) is 18.6. The molecule has 2 aliphatic heterocycles. The fourth-order valence-electron chi connectivity index (χ4n) is 5.44. The van der Waals surface area contributed by atoms with Crippen molar-refractivity contribution >= 4 is 0 Å². The summed E-state index contributed by atoms with van der Waals surface area (Å²) in [6.45, 7) is 12.3. The molecule has 6 nitrogen and oxygen atoms in total. The van der Waals surface area contributed by atoms with E-state index in [2.05, 4.69) is 70.6 Å². The molecule has 1 spiro atoms. The number of piperidine rings is 1. The highest BCUT2D eigenvalue weighted by molar-refractivity contribution is 5.36. The molecule has 0 saturated carbocycles. The van der Waals surface area contributed by atoms with Gasteiger partial charge in [0.05, 0.1) is 7.11 Å². The smallest absolute Gasteiger partial charge is 0.137 e. The average molecular weight is 398 g/mol. The van der Waals surface area contributed by atoms with Crippen molar-refractivity contribution in [2.75, 3.05) is 33.3 Å². The highest BCUT2D eigenvalue weighted by Gasteiger charge is 2.50. The molecule has 6 heteroatoms. The van der Waals surface area contributed by atoms with Gasteiger partial charge in [0.2, 0.25) is 0 Å². The predicted octanol–water partition coefficient (Wildman–Crippen LogP) is 3.22. The number of rotatable bonds is 5. The quantitative estimate of drug-likeness (QED) is 0.775. The molecule has 2 saturated heterocycles. The summed E-state index contributed by atoms with van der Waals surface area (Å²) < 4.78 is 7.56. The third-order valence-corrected chi connectivity index (χ3v) is 7.17. The van der Waals surface area contributed by atoms with Gasteiger partial charge in [0, 0.05) is 38.6 Å². The van der Waals surface area contributed by atoms with E-state index in [4.69, 9.17) is 4.74 Å². The lowest BCUT2D eigenvalue weighted by molar-refractivity contribution is 0.0748. The van der Waals surface area contributed by atoms with Gasteiger partial charge in [-0.2, -0.15) is 0 Å². The minimum absolute atomic E-state index is 0.299. The van der Waals surface area contributed by atoms with Crippen molar-refractivity contribution in [3.8, 4) is 5.75 Å². The first kappa shape index (κ1) is 20.4. The van der Waals surface area contributed by atoms with Crippen LogP contribution in [0.1, 0.15) is 49.6 Å². The summed E-state index contributed by atoms with van der Waals surface area (Å²) in [4.78, 5) is 5.25. The highest BCUT2D eigenvalue weighted by atomic mass is 16.5. The van der Waals surface area contributed by atoms with Crippen molar-refractivity contribution in [2.45, 2.75) is 52.1 Å². The second-order valence-corrected chi connectivity index (χ2v) is 9.32. The molecular formula is C23H35N5O. The number of ether oxygens (including phenoxy) is 1. The third kappa shape index (κ3) is 3.92. The van der Waals surface area contributed by atoms with Crippen LogP contribution in [0.25, 0.3) is 0 Å². The Balaban J connectivity index is 1.56. The zero-order valence-corrected chi connectivity index (χ0v) is 18.6.